The van der Waals surface area contributed by atoms with Crippen molar-refractivity contribution in [1.29, 1.82) is 0 Å². The van der Waals surface area contributed by atoms with Crippen molar-refractivity contribution in [2.45, 2.75) is 44.3 Å². The predicted molar refractivity (Wildman–Crippen MR) is 67.6 cm³/mol. The number of thioether (sulfide) groups is 1. The second-order valence-electron chi connectivity index (χ2n) is 3.68. The molecular formula is C13H20S. The zero-order valence-electron chi connectivity index (χ0n) is 9.04. The second kappa shape index (κ2) is 6.94. The molecule has 0 aromatic heterocycles. The van der Waals surface area contributed by atoms with Crippen molar-refractivity contribution in [3.63, 3.8) is 0 Å². The summed E-state index contributed by atoms with van der Waals surface area (Å²) in [7, 11) is 0. The molecule has 1 rings (SSSR count). The highest BCUT2D eigenvalue weighted by Crippen LogP contribution is 2.33. The third kappa shape index (κ3) is 4.19. The average Bonchev–Trinajstić information content (AvgIpc) is 2.20. The molecule has 0 amide bonds. The first-order valence-corrected chi connectivity index (χ1v) is 6.37. The molecule has 1 heteroatoms. The van der Waals surface area contributed by atoms with Crippen molar-refractivity contribution in [3.05, 3.63) is 35.8 Å². The minimum absolute atomic E-state index is 0.839. The summed E-state index contributed by atoms with van der Waals surface area (Å²) in [5.41, 5.74) is 0. The minimum Gasteiger partial charge on any atom is -0.123 e. The van der Waals surface area contributed by atoms with Gasteiger partial charge < -0.3 is 0 Å². The maximum atomic E-state index is 3.75. The van der Waals surface area contributed by atoms with Crippen molar-refractivity contribution < 1.29 is 0 Å². The summed E-state index contributed by atoms with van der Waals surface area (Å²) in [4.78, 5) is 1.36. The van der Waals surface area contributed by atoms with Crippen molar-refractivity contribution in [2.75, 3.05) is 0 Å². The molecule has 0 aromatic carbocycles. The normalized spacial score (nSPS) is 20.2. The highest BCUT2D eigenvalue weighted by Gasteiger charge is 2.14. The van der Waals surface area contributed by atoms with Crippen LogP contribution in [0.25, 0.3) is 0 Å². The lowest BCUT2D eigenvalue weighted by atomic mass is 10.0. The van der Waals surface area contributed by atoms with Crippen molar-refractivity contribution >= 4 is 11.8 Å². The fourth-order valence-corrected chi connectivity index (χ4v) is 3.13. The van der Waals surface area contributed by atoms with Crippen LogP contribution < -0.4 is 0 Å². The van der Waals surface area contributed by atoms with Crippen LogP contribution in [0.15, 0.2) is 35.8 Å². The smallest absolute Gasteiger partial charge is 0.00944 e. The van der Waals surface area contributed by atoms with Crippen LogP contribution in [0, 0.1) is 0 Å². The lowest BCUT2D eigenvalue weighted by molar-refractivity contribution is 0.517. The van der Waals surface area contributed by atoms with Crippen molar-refractivity contribution in [1.82, 2.24) is 0 Å². The zero-order valence-corrected chi connectivity index (χ0v) is 9.85. The van der Waals surface area contributed by atoms with E-state index in [4.69, 9.17) is 0 Å². The molecular weight excluding hydrogens is 188 g/mol. The number of rotatable bonds is 4. The summed E-state index contributed by atoms with van der Waals surface area (Å²) < 4.78 is 0. The molecule has 0 saturated heterocycles. The molecule has 0 aliphatic heterocycles. The Morgan fingerprint density at radius 2 is 2.00 bits per heavy atom. The van der Waals surface area contributed by atoms with Crippen LogP contribution in [-0.2, 0) is 0 Å². The van der Waals surface area contributed by atoms with Gasteiger partial charge in [-0.25, -0.2) is 0 Å². The quantitative estimate of drug-likeness (QED) is 0.603. The van der Waals surface area contributed by atoms with E-state index in [2.05, 4.69) is 31.7 Å². The molecule has 1 aliphatic carbocycles. The lowest BCUT2D eigenvalue weighted by Gasteiger charge is -2.21. The summed E-state index contributed by atoms with van der Waals surface area (Å²) in [6.07, 6.45) is 15.3. The summed E-state index contributed by atoms with van der Waals surface area (Å²) >= 11 is 2.02. The molecule has 0 bridgehead atoms. The molecule has 1 fully saturated rings. The first-order chi connectivity index (χ1) is 6.86. The van der Waals surface area contributed by atoms with Gasteiger partial charge in [-0.15, -0.1) is 11.8 Å². The maximum Gasteiger partial charge on any atom is 0.00944 e. The third-order valence-electron chi connectivity index (χ3n) is 2.47. The SMILES string of the molecule is C=C/C=C(\C=C/C)SC1CCCCC1. The zero-order chi connectivity index (χ0) is 10.2. The van der Waals surface area contributed by atoms with Crippen molar-refractivity contribution in [2.24, 2.45) is 0 Å². The topological polar surface area (TPSA) is 0 Å². The van der Waals surface area contributed by atoms with E-state index < -0.39 is 0 Å². The van der Waals surface area contributed by atoms with Gasteiger partial charge in [-0.1, -0.05) is 44.1 Å². The molecule has 14 heavy (non-hydrogen) atoms. The van der Waals surface area contributed by atoms with Crippen LogP contribution >= 0.6 is 11.8 Å². The third-order valence-corrected chi connectivity index (χ3v) is 3.82. The summed E-state index contributed by atoms with van der Waals surface area (Å²) in [6, 6.07) is 0. The van der Waals surface area contributed by atoms with Crippen LogP contribution in [0.2, 0.25) is 0 Å². The summed E-state index contributed by atoms with van der Waals surface area (Å²) in [5.74, 6) is 0. The van der Waals surface area contributed by atoms with E-state index in [9.17, 15) is 0 Å². The average molecular weight is 208 g/mol. The Hall–Kier alpha value is -0.430. The Bertz CT molecular complexity index is 219. The Balaban J connectivity index is 2.45. The van der Waals surface area contributed by atoms with E-state index in [-0.39, 0.29) is 0 Å². The Labute approximate surface area is 92.2 Å². The highest BCUT2D eigenvalue weighted by atomic mass is 32.2. The van der Waals surface area contributed by atoms with Crippen LogP contribution in [0.1, 0.15) is 39.0 Å². The van der Waals surface area contributed by atoms with E-state index in [0.29, 0.717) is 0 Å². The number of hydrogen-bond acceptors (Lipinski definition) is 1. The monoisotopic (exact) mass is 208 g/mol. The minimum atomic E-state index is 0.839. The first-order valence-electron chi connectivity index (χ1n) is 5.49. The molecule has 0 N–H and O–H groups in total. The van der Waals surface area contributed by atoms with Gasteiger partial charge in [0.25, 0.3) is 0 Å². The number of hydrogen-bond donors (Lipinski definition) is 0. The van der Waals surface area contributed by atoms with E-state index in [1.807, 2.05) is 17.8 Å². The molecule has 1 aliphatic rings. The predicted octanol–water partition coefficient (Wildman–Crippen LogP) is 4.70. The fourth-order valence-electron chi connectivity index (χ4n) is 1.79. The highest BCUT2D eigenvalue weighted by molar-refractivity contribution is 8.03. The first kappa shape index (κ1) is 11.6. The van der Waals surface area contributed by atoms with Crippen LogP contribution in [0.4, 0.5) is 0 Å². The van der Waals surface area contributed by atoms with Gasteiger partial charge in [-0.05, 0) is 25.8 Å². The molecule has 0 unspecified atom stereocenters. The molecule has 78 valence electrons. The molecule has 0 radical (unpaired) electrons. The van der Waals surface area contributed by atoms with Gasteiger partial charge in [0, 0.05) is 10.2 Å². The lowest BCUT2D eigenvalue weighted by Crippen LogP contribution is -2.07. The van der Waals surface area contributed by atoms with Gasteiger partial charge >= 0.3 is 0 Å². The Morgan fingerprint density at radius 1 is 1.29 bits per heavy atom. The molecule has 0 heterocycles. The summed E-state index contributed by atoms with van der Waals surface area (Å²) in [5, 5.41) is 0.839. The van der Waals surface area contributed by atoms with Crippen LogP contribution in [0.3, 0.4) is 0 Å². The summed E-state index contributed by atoms with van der Waals surface area (Å²) in [6.45, 7) is 5.82. The van der Waals surface area contributed by atoms with Gasteiger partial charge in [0.2, 0.25) is 0 Å². The van der Waals surface area contributed by atoms with E-state index in [1.54, 1.807) is 0 Å². The fraction of sp³-hybridized carbons (Fsp3) is 0.538. The van der Waals surface area contributed by atoms with Crippen molar-refractivity contribution in [3.8, 4) is 0 Å². The standard InChI is InChI=1S/C13H20S/c1-3-8-12(9-4-2)14-13-10-6-5-7-11-13/h3-4,8-9,13H,1,5-7,10-11H2,2H3/b9-4-,12-8+. The molecule has 0 nitrogen and oxygen atoms in total. The molecule has 0 atom stereocenters. The molecule has 1 saturated carbocycles. The van der Waals surface area contributed by atoms with E-state index in [0.717, 1.165) is 5.25 Å². The van der Waals surface area contributed by atoms with Crippen LogP contribution in [0.5, 0.6) is 0 Å². The van der Waals surface area contributed by atoms with Gasteiger partial charge in [-0.3, -0.25) is 0 Å². The van der Waals surface area contributed by atoms with Gasteiger partial charge in [0.15, 0.2) is 0 Å². The van der Waals surface area contributed by atoms with E-state index in [1.165, 1.54) is 37.0 Å². The maximum absolute atomic E-state index is 3.75. The number of allylic oxidation sites excluding steroid dienone is 4. The van der Waals surface area contributed by atoms with Gasteiger partial charge in [0.1, 0.15) is 0 Å². The Kier molecular flexibility index (Phi) is 5.77. The van der Waals surface area contributed by atoms with Gasteiger partial charge in [-0.2, -0.15) is 0 Å². The van der Waals surface area contributed by atoms with Crippen LogP contribution in [-0.4, -0.2) is 5.25 Å². The van der Waals surface area contributed by atoms with E-state index >= 15 is 0 Å². The second-order valence-corrected chi connectivity index (χ2v) is 5.06. The molecule has 0 spiro atoms. The Morgan fingerprint density at radius 3 is 2.57 bits per heavy atom. The van der Waals surface area contributed by atoms with Gasteiger partial charge in [0.05, 0.1) is 0 Å². The molecule has 0 aromatic rings. The largest absolute Gasteiger partial charge is 0.123 e.